The quantitative estimate of drug-likeness (QED) is 0.483. The van der Waals surface area contributed by atoms with Crippen molar-refractivity contribution < 1.29 is 5.11 Å². The second kappa shape index (κ2) is 6.17. The van der Waals surface area contributed by atoms with Crippen molar-refractivity contribution in [2.75, 3.05) is 5.43 Å². The second-order valence-electron chi connectivity index (χ2n) is 4.82. The summed E-state index contributed by atoms with van der Waals surface area (Å²) in [6.07, 6.45) is 1.46. The Balaban J connectivity index is 1.92. The SMILES string of the molecule is Cc1nnc(N/N=C/c2c(O)ccc3cc(Br)ccc23)[nH]c1=O. The molecule has 3 aromatic rings. The molecule has 1 aromatic heterocycles. The summed E-state index contributed by atoms with van der Waals surface area (Å²) < 4.78 is 0.948. The number of anilines is 1. The van der Waals surface area contributed by atoms with E-state index in [2.05, 4.69) is 41.6 Å². The molecule has 7 nitrogen and oxygen atoms in total. The molecule has 1 heterocycles. The number of rotatable bonds is 3. The third-order valence-corrected chi connectivity index (χ3v) is 3.72. The summed E-state index contributed by atoms with van der Waals surface area (Å²) in [7, 11) is 0. The summed E-state index contributed by atoms with van der Waals surface area (Å²) >= 11 is 3.41. The van der Waals surface area contributed by atoms with Gasteiger partial charge in [0.25, 0.3) is 5.56 Å². The Morgan fingerprint density at radius 3 is 2.91 bits per heavy atom. The van der Waals surface area contributed by atoms with E-state index in [1.54, 1.807) is 13.0 Å². The minimum atomic E-state index is -0.337. The van der Waals surface area contributed by atoms with Crippen LogP contribution in [0.25, 0.3) is 10.8 Å². The minimum Gasteiger partial charge on any atom is -0.507 e. The van der Waals surface area contributed by atoms with Crippen molar-refractivity contribution in [2.45, 2.75) is 6.92 Å². The lowest BCUT2D eigenvalue weighted by atomic mass is 10.0. The largest absolute Gasteiger partial charge is 0.507 e. The normalized spacial score (nSPS) is 11.2. The predicted octanol–water partition coefficient (Wildman–Crippen LogP) is 2.54. The molecule has 0 aliphatic heterocycles. The van der Waals surface area contributed by atoms with Gasteiger partial charge in [-0.3, -0.25) is 9.78 Å². The van der Waals surface area contributed by atoms with Gasteiger partial charge in [-0.15, -0.1) is 10.2 Å². The van der Waals surface area contributed by atoms with Crippen molar-refractivity contribution in [3.05, 3.63) is 56.4 Å². The summed E-state index contributed by atoms with van der Waals surface area (Å²) in [6.45, 7) is 1.56. The fraction of sp³-hybridized carbons (Fsp3) is 0.0667. The Morgan fingerprint density at radius 1 is 1.30 bits per heavy atom. The molecule has 0 aliphatic rings. The Labute approximate surface area is 139 Å². The van der Waals surface area contributed by atoms with Crippen LogP contribution in [0.15, 0.2) is 44.7 Å². The summed E-state index contributed by atoms with van der Waals surface area (Å²) in [5.41, 5.74) is 3.08. The first kappa shape index (κ1) is 15.2. The topological polar surface area (TPSA) is 103 Å². The van der Waals surface area contributed by atoms with Gasteiger partial charge in [0, 0.05) is 10.0 Å². The van der Waals surface area contributed by atoms with Crippen LogP contribution in [0.5, 0.6) is 5.75 Å². The number of nitrogens with zero attached hydrogens (tertiary/aromatic N) is 3. The van der Waals surface area contributed by atoms with Crippen molar-refractivity contribution >= 4 is 38.9 Å². The van der Waals surface area contributed by atoms with Crippen LogP contribution in [0, 0.1) is 6.92 Å². The van der Waals surface area contributed by atoms with Gasteiger partial charge in [0.05, 0.1) is 6.21 Å². The van der Waals surface area contributed by atoms with E-state index < -0.39 is 0 Å². The van der Waals surface area contributed by atoms with Gasteiger partial charge in [-0.25, -0.2) is 5.43 Å². The summed E-state index contributed by atoms with van der Waals surface area (Å²) in [4.78, 5) is 13.9. The van der Waals surface area contributed by atoms with Crippen molar-refractivity contribution in [3.63, 3.8) is 0 Å². The Bertz CT molecular complexity index is 968. The first-order chi connectivity index (χ1) is 11.0. The number of hydrogen-bond acceptors (Lipinski definition) is 6. The lowest BCUT2D eigenvalue weighted by Gasteiger charge is -2.05. The molecule has 3 rings (SSSR count). The standard InChI is InChI=1S/C15H12BrN5O2/c1-8-14(23)18-15(21-19-8)20-17-7-12-11-4-3-10(16)6-9(11)2-5-13(12)22/h2-7,22H,1H3,(H2,18,20,21,23)/b17-7+. The van der Waals surface area contributed by atoms with E-state index in [-0.39, 0.29) is 23.0 Å². The van der Waals surface area contributed by atoms with Gasteiger partial charge < -0.3 is 5.11 Å². The smallest absolute Gasteiger partial charge is 0.274 e. The maximum atomic E-state index is 11.4. The lowest BCUT2D eigenvalue weighted by Crippen LogP contribution is -2.15. The average molecular weight is 374 g/mol. The number of halogens is 1. The summed E-state index contributed by atoms with van der Waals surface area (Å²) in [5, 5.41) is 23.3. The van der Waals surface area contributed by atoms with Gasteiger partial charge >= 0.3 is 0 Å². The molecule has 0 spiro atoms. The number of phenols is 1. The monoisotopic (exact) mass is 373 g/mol. The van der Waals surface area contributed by atoms with E-state index in [4.69, 9.17) is 0 Å². The fourth-order valence-electron chi connectivity index (χ4n) is 2.05. The molecule has 8 heteroatoms. The van der Waals surface area contributed by atoms with Crippen LogP contribution in [0.3, 0.4) is 0 Å². The minimum absolute atomic E-state index is 0.105. The van der Waals surface area contributed by atoms with Crippen LogP contribution < -0.4 is 11.0 Å². The van der Waals surface area contributed by atoms with Crippen LogP contribution in [-0.4, -0.2) is 26.5 Å². The number of benzene rings is 2. The highest BCUT2D eigenvalue weighted by Crippen LogP contribution is 2.27. The van der Waals surface area contributed by atoms with Crippen molar-refractivity contribution in [3.8, 4) is 5.75 Å². The molecule has 2 aromatic carbocycles. The summed E-state index contributed by atoms with van der Waals surface area (Å²) in [6, 6.07) is 9.14. The maximum absolute atomic E-state index is 11.4. The molecule has 0 aliphatic carbocycles. The molecule has 0 fully saturated rings. The van der Waals surface area contributed by atoms with Crippen LogP contribution in [0.2, 0.25) is 0 Å². The number of aryl methyl sites for hydroxylation is 1. The second-order valence-corrected chi connectivity index (χ2v) is 5.74. The molecule has 0 bridgehead atoms. The highest BCUT2D eigenvalue weighted by Gasteiger charge is 2.05. The molecule has 0 radical (unpaired) electrons. The number of aromatic nitrogens is 3. The fourth-order valence-corrected chi connectivity index (χ4v) is 2.43. The number of hydrogen-bond donors (Lipinski definition) is 3. The molecule has 23 heavy (non-hydrogen) atoms. The predicted molar refractivity (Wildman–Crippen MR) is 91.9 cm³/mol. The molecule has 0 saturated heterocycles. The third kappa shape index (κ3) is 3.21. The van der Waals surface area contributed by atoms with Gasteiger partial charge in [-0.05, 0) is 35.9 Å². The van der Waals surface area contributed by atoms with Crippen molar-refractivity contribution in [1.82, 2.24) is 15.2 Å². The van der Waals surface area contributed by atoms with Crippen molar-refractivity contribution in [2.24, 2.45) is 5.10 Å². The van der Waals surface area contributed by atoms with E-state index in [0.29, 0.717) is 5.56 Å². The number of H-pyrrole nitrogens is 1. The van der Waals surface area contributed by atoms with Gasteiger partial charge in [0.2, 0.25) is 5.95 Å². The number of fused-ring (bicyclic) bond motifs is 1. The number of aromatic hydroxyl groups is 1. The molecule has 3 N–H and O–H groups in total. The number of phenolic OH excluding ortho intramolecular Hbond substituents is 1. The lowest BCUT2D eigenvalue weighted by molar-refractivity contribution is 0.475. The molecule has 0 unspecified atom stereocenters. The van der Waals surface area contributed by atoms with Crippen molar-refractivity contribution in [1.29, 1.82) is 0 Å². The van der Waals surface area contributed by atoms with E-state index in [1.807, 2.05) is 24.3 Å². The van der Waals surface area contributed by atoms with E-state index in [9.17, 15) is 9.90 Å². The Morgan fingerprint density at radius 2 is 2.13 bits per heavy atom. The zero-order valence-electron chi connectivity index (χ0n) is 12.0. The maximum Gasteiger partial charge on any atom is 0.274 e. The van der Waals surface area contributed by atoms with Crippen LogP contribution in [0.4, 0.5) is 5.95 Å². The molecule has 0 atom stereocenters. The summed E-state index contributed by atoms with van der Waals surface area (Å²) in [5.74, 6) is 0.230. The molecule has 0 amide bonds. The highest BCUT2D eigenvalue weighted by molar-refractivity contribution is 9.10. The third-order valence-electron chi connectivity index (χ3n) is 3.23. The van der Waals surface area contributed by atoms with E-state index >= 15 is 0 Å². The van der Waals surface area contributed by atoms with E-state index in [0.717, 1.165) is 15.2 Å². The zero-order valence-corrected chi connectivity index (χ0v) is 13.6. The van der Waals surface area contributed by atoms with E-state index in [1.165, 1.54) is 6.21 Å². The van der Waals surface area contributed by atoms with Gasteiger partial charge in [0.15, 0.2) is 0 Å². The first-order valence-corrected chi connectivity index (χ1v) is 7.48. The van der Waals surface area contributed by atoms with Gasteiger partial charge in [-0.2, -0.15) is 5.10 Å². The van der Waals surface area contributed by atoms with Gasteiger partial charge in [0.1, 0.15) is 11.4 Å². The zero-order chi connectivity index (χ0) is 16.4. The Kier molecular flexibility index (Phi) is 4.07. The number of nitrogens with one attached hydrogen (secondary N) is 2. The number of aromatic amines is 1. The van der Waals surface area contributed by atoms with Gasteiger partial charge in [-0.1, -0.05) is 28.1 Å². The van der Waals surface area contributed by atoms with Crippen LogP contribution in [0.1, 0.15) is 11.3 Å². The molecule has 116 valence electrons. The van der Waals surface area contributed by atoms with Crippen LogP contribution in [-0.2, 0) is 0 Å². The number of hydrazone groups is 1. The highest BCUT2D eigenvalue weighted by atomic mass is 79.9. The molecule has 0 saturated carbocycles. The molecular formula is C15H12BrN5O2. The first-order valence-electron chi connectivity index (χ1n) is 6.68. The molecular weight excluding hydrogens is 362 g/mol. The average Bonchev–Trinajstić information content (AvgIpc) is 2.53. The Hall–Kier alpha value is -2.74. The van der Waals surface area contributed by atoms with Crippen LogP contribution >= 0.6 is 15.9 Å².